The average molecular weight is 323 g/mol. The highest BCUT2D eigenvalue weighted by atomic mass is 79.9. The number of aromatic nitrogens is 3. The van der Waals surface area contributed by atoms with E-state index in [9.17, 15) is 0 Å². The topological polar surface area (TPSA) is 42.7 Å². The Bertz CT molecular complexity index is 563. The molecule has 4 nitrogen and oxygen atoms in total. The molecule has 5 heteroatoms. The molecule has 2 aromatic heterocycles. The van der Waals surface area contributed by atoms with Gasteiger partial charge >= 0.3 is 0 Å². The highest BCUT2D eigenvalue weighted by Gasteiger charge is 2.11. The molecule has 2 heterocycles. The first-order valence-electron chi connectivity index (χ1n) is 6.51. The summed E-state index contributed by atoms with van der Waals surface area (Å²) < 4.78 is 2.92. The van der Waals surface area contributed by atoms with Crippen molar-refractivity contribution in [1.29, 1.82) is 0 Å². The summed E-state index contributed by atoms with van der Waals surface area (Å²) >= 11 is 3.54. The van der Waals surface area contributed by atoms with Crippen LogP contribution in [0.25, 0.3) is 5.82 Å². The SMILES string of the molecule is CCCNCc1ccnc(-n2nc(C)c(Br)c2C)c1. The van der Waals surface area contributed by atoms with Crippen LogP contribution in [0.2, 0.25) is 0 Å². The van der Waals surface area contributed by atoms with E-state index in [0.29, 0.717) is 0 Å². The number of hydrogen-bond donors (Lipinski definition) is 1. The fourth-order valence-corrected chi connectivity index (χ4v) is 2.19. The maximum Gasteiger partial charge on any atom is 0.153 e. The minimum Gasteiger partial charge on any atom is -0.313 e. The van der Waals surface area contributed by atoms with Gasteiger partial charge in [0.05, 0.1) is 15.9 Å². The fourth-order valence-electron chi connectivity index (χ4n) is 1.94. The third-order valence-electron chi connectivity index (χ3n) is 2.99. The number of rotatable bonds is 5. The molecule has 2 rings (SSSR count). The molecule has 0 fully saturated rings. The fraction of sp³-hybridized carbons (Fsp3) is 0.429. The Morgan fingerprint density at radius 1 is 1.37 bits per heavy atom. The van der Waals surface area contributed by atoms with Gasteiger partial charge < -0.3 is 5.32 Å². The van der Waals surface area contributed by atoms with Gasteiger partial charge in [0, 0.05) is 12.7 Å². The van der Waals surface area contributed by atoms with Crippen LogP contribution in [0.3, 0.4) is 0 Å². The number of aryl methyl sites for hydroxylation is 1. The smallest absolute Gasteiger partial charge is 0.153 e. The van der Waals surface area contributed by atoms with Crippen molar-refractivity contribution in [3.63, 3.8) is 0 Å². The Hall–Kier alpha value is -1.20. The third-order valence-corrected chi connectivity index (χ3v) is 4.13. The second-order valence-electron chi connectivity index (χ2n) is 4.60. The molecule has 0 saturated heterocycles. The normalized spacial score (nSPS) is 10.9. The van der Waals surface area contributed by atoms with Gasteiger partial charge in [0.25, 0.3) is 0 Å². The van der Waals surface area contributed by atoms with Gasteiger partial charge in [-0.25, -0.2) is 9.67 Å². The Kier molecular flexibility index (Phi) is 4.71. The van der Waals surface area contributed by atoms with E-state index in [1.807, 2.05) is 30.8 Å². The van der Waals surface area contributed by atoms with E-state index < -0.39 is 0 Å². The van der Waals surface area contributed by atoms with Crippen LogP contribution in [0.4, 0.5) is 0 Å². The molecule has 0 unspecified atom stereocenters. The van der Waals surface area contributed by atoms with Crippen molar-refractivity contribution in [3.05, 3.63) is 39.8 Å². The van der Waals surface area contributed by atoms with E-state index in [4.69, 9.17) is 0 Å². The molecule has 0 bridgehead atoms. The molecule has 0 atom stereocenters. The molecule has 0 spiro atoms. The molecule has 0 aliphatic heterocycles. The zero-order valence-electron chi connectivity index (χ0n) is 11.6. The molecule has 19 heavy (non-hydrogen) atoms. The predicted molar refractivity (Wildman–Crippen MR) is 80.5 cm³/mol. The van der Waals surface area contributed by atoms with Crippen molar-refractivity contribution in [2.45, 2.75) is 33.7 Å². The van der Waals surface area contributed by atoms with Crippen LogP contribution >= 0.6 is 15.9 Å². The monoisotopic (exact) mass is 322 g/mol. The molecule has 0 amide bonds. The van der Waals surface area contributed by atoms with Gasteiger partial charge in [0.15, 0.2) is 5.82 Å². The number of nitrogens with one attached hydrogen (secondary N) is 1. The average Bonchev–Trinajstić information content (AvgIpc) is 2.67. The lowest BCUT2D eigenvalue weighted by Crippen LogP contribution is -2.14. The maximum absolute atomic E-state index is 4.50. The second-order valence-corrected chi connectivity index (χ2v) is 5.39. The Labute approximate surface area is 122 Å². The van der Waals surface area contributed by atoms with Crippen LogP contribution in [0.5, 0.6) is 0 Å². The molecular formula is C14H19BrN4. The van der Waals surface area contributed by atoms with Crippen molar-refractivity contribution in [1.82, 2.24) is 20.1 Å². The highest BCUT2D eigenvalue weighted by molar-refractivity contribution is 9.10. The highest BCUT2D eigenvalue weighted by Crippen LogP contribution is 2.22. The minimum absolute atomic E-state index is 0.863. The van der Waals surface area contributed by atoms with Gasteiger partial charge in [-0.05, 0) is 60.4 Å². The Balaban J connectivity index is 2.25. The molecule has 0 saturated carbocycles. The van der Waals surface area contributed by atoms with Crippen LogP contribution in [0, 0.1) is 13.8 Å². The number of halogens is 1. The van der Waals surface area contributed by atoms with E-state index >= 15 is 0 Å². The maximum atomic E-state index is 4.50. The summed E-state index contributed by atoms with van der Waals surface area (Å²) in [6, 6.07) is 4.11. The number of nitrogens with zero attached hydrogens (tertiary/aromatic N) is 3. The minimum atomic E-state index is 0.863. The number of hydrogen-bond acceptors (Lipinski definition) is 3. The summed E-state index contributed by atoms with van der Waals surface area (Å²) in [5.41, 5.74) is 3.28. The van der Waals surface area contributed by atoms with Gasteiger partial charge in [-0.2, -0.15) is 5.10 Å². The lowest BCUT2D eigenvalue weighted by molar-refractivity contribution is 0.673. The largest absolute Gasteiger partial charge is 0.313 e. The molecule has 102 valence electrons. The van der Waals surface area contributed by atoms with Crippen LogP contribution in [-0.2, 0) is 6.54 Å². The standard InChI is InChI=1S/C14H19BrN4/c1-4-6-16-9-12-5-7-17-13(8-12)19-11(3)14(15)10(2)18-19/h5,7-8,16H,4,6,9H2,1-3H3. The molecule has 1 N–H and O–H groups in total. The van der Waals surface area contributed by atoms with Gasteiger partial charge in [0.2, 0.25) is 0 Å². The Morgan fingerprint density at radius 2 is 2.16 bits per heavy atom. The molecule has 0 aliphatic rings. The van der Waals surface area contributed by atoms with E-state index in [1.165, 1.54) is 5.56 Å². The molecule has 0 aliphatic carbocycles. The van der Waals surface area contributed by atoms with Crippen molar-refractivity contribution in [2.75, 3.05) is 6.54 Å². The number of pyridine rings is 1. The van der Waals surface area contributed by atoms with E-state index in [-0.39, 0.29) is 0 Å². The second kappa shape index (κ2) is 6.30. The van der Waals surface area contributed by atoms with Crippen molar-refractivity contribution in [3.8, 4) is 5.82 Å². The summed E-state index contributed by atoms with van der Waals surface area (Å²) in [5.74, 6) is 0.863. The van der Waals surface area contributed by atoms with Gasteiger partial charge in [0.1, 0.15) is 0 Å². The van der Waals surface area contributed by atoms with E-state index in [1.54, 1.807) is 0 Å². The zero-order chi connectivity index (χ0) is 13.8. The quantitative estimate of drug-likeness (QED) is 0.860. The molecule has 0 radical (unpaired) electrons. The first-order chi connectivity index (χ1) is 9.13. The third kappa shape index (κ3) is 3.22. The van der Waals surface area contributed by atoms with Crippen LogP contribution in [-0.4, -0.2) is 21.3 Å². The van der Waals surface area contributed by atoms with Crippen molar-refractivity contribution >= 4 is 15.9 Å². The molecule has 2 aromatic rings. The predicted octanol–water partition coefficient (Wildman–Crippen LogP) is 3.15. The van der Waals surface area contributed by atoms with Crippen molar-refractivity contribution < 1.29 is 0 Å². The molecular weight excluding hydrogens is 304 g/mol. The van der Waals surface area contributed by atoms with E-state index in [2.05, 4.69) is 44.3 Å². The summed E-state index contributed by atoms with van der Waals surface area (Å²) in [6.45, 7) is 8.08. The van der Waals surface area contributed by atoms with E-state index in [0.717, 1.165) is 41.2 Å². The Morgan fingerprint density at radius 3 is 2.79 bits per heavy atom. The van der Waals surface area contributed by atoms with Crippen LogP contribution in [0.15, 0.2) is 22.8 Å². The van der Waals surface area contributed by atoms with Crippen LogP contribution in [0.1, 0.15) is 30.3 Å². The summed E-state index contributed by atoms with van der Waals surface area (Å²) in [7, 11) is 0. The van der Waals surface area contributed by atoms with Gasteiger partial charge in [-0.15, -0.1) is 0 Å². The lowest BCUT2D eigenvalue weighted by Gasteiger charge is -2.07. The molecule has 0 aromatic carbocycles. The van der Waals surface area contributed by atoms with Gasteiger partial charge in [-0.1, -0.05) is 6.92 Å². The summed E-state index contributed by atoms with van der Waals surface area (Å²) in [5, 5.41) is 7.90. The first kappa shape index (κ1) is 14.2. The van der Waals surface area contributed by atoms with Crippen LogP contribution < -0.4 is 5.32 Å². The first-order valence-corrected chi connectivity index (χ1v) is 7.30. The van der Waals surface area contributed by atoms with Gasteiger partial charge in [-0.3, -0.25) is 0 Å². The summed E-state index contributed by atoms with van der Waals surface area (Å²) in [6.07, 6.45) is 2.98. The lowest BCUT2D eigenvalue weighted by atomic mass is 10.2. The summed E-state index contributed by atoms with van der Waals surface area (Å²) in [4.78, 5) is 4.41. The zero-order valence-corrected chi connectivity index (χ0v) is 13.2. The van der Waals surface area contributed by atoms with Crippen molar-refractivity contribution in [2.24, 2.45) is 0 Å².